The minimum absolute atomic E-state index is 0.153. The average Bonchev–Trinajstić information content (AvgIpc) is 1.82. The number of hydrogen-bond donors (Lipinski definition) is 1. The number of thiocarbonyl (C=S) groups is 1. The van der Waals surface area contributed by atoms with Crippen molar-refractivity contribution in [3.05, 3.63) is 0 Å². The van der Waals surface area contributed by atoms with Crippen LogP contribution in [-0.2, 0) is 4.74 Å². The lowest BCUT2D eigenvalue weighted by molar-refractivity contribution is 0.0608. The number of rotatable bonds is 0. The predicted octanol–water partition coefficient (Wildman–Crippen LogP) is 1.34. The zero-order valence-corrected chi connectivity index (χ0v) is 8.29. The SMILES string of the molecule is CC1(C)C[C@@](C)(C#N)OC(=S)N1. The van der Waals surface area contributed by atoms with Gasteiger partial charge in [-0.05, 0) is 33.0 Å². The molecule has 0 amide bonds. The summed E-state index contributed by atoms with van der Waals surface area (Å²) in [6.07, 6.45) is 0.636. The van der Waals surface area contributed by atoms with Gasteiger partial charge in [0.1, 0.15) is 6.07 Å². The minimum Gasteiger partial charge on any atom is -0.449 e. The van der Waals surface area contributed by atoms with Gasteiger partial charge in [0.15, 0.2) is 5.60 Å². The molecule has 1 saturated heterocycles. The topological polar surface area (TPSA) is 45.0 Å². The molecule has 4 heteroatoms. The Hall–Kier alpha value is -0.820. The van der Waals surface area contributed by atoms with E-state index in [1.54, 1.807) is 6.92 Å². The molecule has 1 atom stereocenters. The molecule has 0 spiro atoms. The molecule has 0 aromatic rings. The van der Waals surface area contributed by atoms with Gasteiger partial charge in [-0.1, -0.05) is 0 Å². The smallest absolute Gasteiger partial charge is 0.258 e. The minimum atomic E-state index is -0.772. The number of nitriles is 1. The highest BCUT2D eigenvalue weighted by molar-refractivity contribution is 7.80. The fraction of sp³-hybridized carbons (Fsp3) is 0.750. The summed E-state index contributed by atoms with van der Waals surface area (Å²) in [6.45, 7) is 5.75. The molecule has 0 aromatic carbocycles. The first-order valence-electron chi connectivity index (χ1n) is 3.79. The largest absolute Gasteiger partial charge is 0.449 e. The molecule has 0 unspecified atom stereocenters. The van der Waals surface area contributed by atoms with Crippen LogP contribution in [0, 0.1) is 11.3 Å². The van der Waals surface area contributed by atoms with E-state index in [4.69, 9.17) is 22.2 Å². The van der Waals surface area contributed by atoms with Crippen LogP contribution in [-0.4, -0.2) is 16.3 Å². The van der Waals surface area contributed by atoms with Gasteiger partial charge < -0.3 is 10.1 Å². The van der Waals surface area contributed by atoms with Crippen LogP contribution in [0.4, 0.5) is 0 Å². The van der Waals surface area contributed by atoms with Crippen molar-refractivity contribution < 1.29 is 4.74 Å². The van der Waals surface area contributed by atoms with Crippen LogP contribution in [0.5, 0.6) is 0 Å². The lowest BCUT2D eigenvalue weighted by Crippen LogP contribution is -2.56. The first kappa shape index (κ1) is 9.27. The highest BCUT2D eigenvalue weighted by atomic mass is 32.1. The Bertz CT molecular complexity index is 256. The van der Waals surface area contributed by atoms with Gasteiger partial charge in [0.05, 0.1) is 0 Å². The maximum Gasteiger partial charge on any atom is 0.258 e. The van der Waals surface area contributed by atoms with Gasteiger partial charge in [0, 0.05) is 12.0 Å². The van der Waals surface area contributed by atoms with E-state index in [1.807, 2.05) is 13.8 Å². The van der Waals surface area contributed by atoms with E-state index in [0.717, 1.165) is 0 Å². The van der Waals surface area contributed by atoms with E-state index < -0.39 is 5.60 Å². The van der Waals surface area contributed by atoms with Crippen molar-refractivity contribution >= 4 is 17.4 Å². The summed E-state index contributed by atoms with van der Waals surface area (Å²) in [5.41, 5.74) is -0.925. The summed E-state index contributed by atoms with van der Waals surface area (Å²) >= 11 is 4.89. The second kappa shape index (κ2) is 2.60. The van der Waals surface area contributed by atoms with Crippen molar-refractivity contribution in [2.45, 2.75) is 38.3 Å². The molecule has 0 bridgehead atoms. The maximum atomic E-state index is 8.84. The van der Waals surface area contributed by atoms with Crippen molar-refractivity contribution in [2.75, 3.05) is 0 Å². The highest BCUT2D eigenvalue weighted by Crippen LogP contribution is 2.27. The Morgan fingerprint density at radius 3 is 2.58 bits per heavy atom. The van der Waals surface area contributed by atoms with Gasteiger partial charge in [0.25, 0.3) is 5.17 Å². The zero-order valence-electron chi connectivity index (χ0n) is 7.47. The van der Waals surface area contributed by atoms with Crippen LogP contribution in [0.25, 0.3) is 0 Å². The summed E-state index contributed by atoms with van der Waals surface area (Å²) in [5, 5.41) is 12.2. The number of nitrogens with one attached hydrogen (secondary N) is 1. The summed E-state index contributed by atoms with van der Waals surface area (Å²) in [4.78, 5) is 0. The van der Waals surface area contributed by atoms with Crippen LogP contribution in [0.3, 0.4) is 0 Å². The van der Waals surface area contributed by atoms with Gasteiger partial charge in [0.2, 0.25) is 0 Å². The average molecular weight is 184 g/mol. The molecule has 66 valence electrons. The van der Waals surface area contributed by atoms with Crippen molar-refractivity contribution in [1.82, 2.24) is 5.32 Å². The molecule has 1 aliphatic heterocycles. The molecule has 1 rings (SSSR count). The van der Waals surface area contributed by atoms with Gasteiger partial charge in [-0.15, -0.1) is 0 Å². The van der Waals surface area contributed by atoms with Gasteiger partial charge >= 0.3 is 0 Å². The third-order valence-electron chi connectivity index (χ3n) is 1.77. The van der Waals surface area contributed by atoms with E-state index in [1.165, 1.54) is 0 Å². The van der Waals surface area contributed by atoms with E-state index in [9.17, 15) is 0 Å². The second-order valence-corrected chi connectivity index (χ2v) is 4.29. The molecule has 0 radical (unpaired) electrons. The van der Waals surface area contributed by atoms with Crippen LogP contribution in [0.2, 0.25) is 0 Å². The molecule has 3 nitrogen and oxygen atoms in total. The highest BCUT2D eigenvalue weighted by Gasteiger charge is 2.40. The van der Waals surface area contributed by atoms with Crippen molar-refractivity contribution in [1.29, 1.82) is 5.26 Å². The number of nitrogens with zero attached hydrogens (tertiary/aromatic N) is 1. The van der Waals surface area contributed by atoms with E-state index in [-0.39, 0.29) is 5.54 Å². The van der Waals surface area contributed by atoms with Gasteiger partial charge in [-0.25, -0.2) is 0 Å². The Morgan fingerprint density at radius 2 is 2.17 bits per heavy atom. The standard InChI is InChI=1S/C8H12N2OS/c1-7(2)4-8(3,5-9)11-6(12)10-7/h4H2,1-3H3,(H,10,12)/t8-/m0/s1. The normalized spacial score (nSPS) is 33.0. The lowest BCUT2D eigenvalue weighted by Gasteiger charge is -2.40. The molecule has 1 aliphatic rings. The molecule has 12 heavy (non-hydrogen) atoms. The molecule has 1 N–H and O–H groups in total. The first-order chi connectivity index (χ1) is 5.37. The Balaban J connectivity index is 2.86. The molecule has 0 aliphatic carbocycles. The van der Waals surface area contributed by atoms with Crippen molar-refractivity contribution in [3.63, 3.8) is 0 Å². The van der Waals surface area contributed by atoms with Crippen LogP contribution in [0.1, 0.15) is 27.2 Å². The second-order valence-electron chi connectivity index (χ2n) is 3.92. The zero-order chi connectivity index (χ0) is 9.41. The molecule has 1 heterocycles. The molecule has 1 fully saturated rings. The Labute approximate surface area is 77.7 Å². The van der Waals surface area contributed by atoms with Crippen LogP contribution in [0.15, 0.2) is 0 Å². The Morgan fingerprint density at radius 1 is 1.58 bits per heavy atom. The molecular weight excluding hydrogens is 172 g/mol. The van der Waals surface area contributed by atoms with Crippen molar-refractivity contribution in [3.8, 4) is 6.07 Å². The van der Waals surface area contributed by atoms with E-state index in [2.05, 4.69) is 11.4 Å². The first-order valence-corrected chi connectivity index (χ1v) is 4.20. The predicted molar refractivity (Wildman–Crippen MR) is 49.5 cm³/mol. The summed E-state index contributed by atoms with van der Waals surface area (Å²) in [7, 11) is 0. The van der Waals surface area contributed by atoms with Gasteiger partial charge in [-0.3, -0.25) is 0 Å². The number of hydrogen-bond acceptors (Lipinski definition) is 3. The van der Waals surface area contributed by atoms with Crippen LogP contribution >= 0.6 is 12.2 Å². The monoisotopic (exact) mass is 184 g/mol. The molecule has 0 saturated carbocycles. The Kier molecular flexibility index (Phi) is 2.01. The van der Waals surface area contributed by atoms with E-state index >= 15 is 0 Å². The van der Waals surface area contributed by atoms with Gasteiger partial charge in [-0.2, -0.15) is 5.26 Å². The third kappa shape index (κ3) is 1.86. The fourth-order valence-corrected chi connectivity index (χ4v) is 1.95. The fourth-order valence-electron chi connectivity index (χ4n) is 1.49. The molecule has 0 aromatic heterocycles. The van der Waals surface area contributed by atoms with Crippen molar-refractivity contribution in [2.24, 2.45) is 0 Å². The van der Waals surface area contributed by atoms with E-state index in [0.29, 0.717) is 11.6 Å². The van der Waals surface area contributed by atoms with Crippen LogP contribution < -0.4 is 5.32 Å². The third-order valence-corrected chi connectivity index (χ3v) is 1.96. The lowest BCUT2D eigenvalue weighted by atomic mass is 9.88. The summed E-state index contributed by atoms with van der Waals surface area (Å²) in [6, 6.07) is 2.12. The summed E-state index contributed by atoms with van der Waals surface area (Å²) in [5.74, 6) is 0. The maximum absolute atomic E-state index is 8.84. The summed E-state index contributed by atoms with van der Waals surface area (Å²) < 4.78 is 5.22. The quantitative estimate of drug-likeness (QED) is 0.577. The molecular formula is C8H12N2OS. The number of ether oxygens (including phenoxy) is 1.